The minimum atomic E-state index is 0.322. The fourth-order valence-corrected chi connectivity index (χ4v) is 5.94. The van der Waals surface area contributed by atoms with Gasteiger partial charge in [-0.2, -0.15) is 5.10 Å². The zero-order valence-electron chi connectivity index (χ0n) is 13.7. The average molecular weight is 441 g/mol. The molecule has 28 heavy (non-hydrogen) atoms. The van der Waals surface area contributed by atoms with Crippen molar-refractivity contribution in [1.82, 2.24) is 30.6 Å². The maximum Gasteiger partial charge on any atom is 0.172 e. The fraction of sp³-hybridized carbons (Fsp3) is 0. The summed E-state index contributed by atoms with van der Waals surface area (Å²) in [5, 5.41) is 23.1. The van der Waals surface area contributed by atoms with Gasteiger partial charge in [0.1, 0.15) is 20.7 Å². The summed E-state index contributed by atoms with van der Waals surface area (Å²) in [5.74, 6) is 0. The third-order valence-electron chi connectivity index (χ3n) is 4.50. The van der Waals surface area contributed by atoms with Gasteiger partial charge < -0.3 is 0 Å². The topological polar surface area (TPSA) is 77.3 Å². The van der Waals surface area contributed by atoms with Gasteiger partial charge in [-0.25, -0.2) is 4.98 Å². The lowest BCUT2D eigenvalue weighted by Gasteiger charge is -2.06. The van der Waals surface area contributed by atoms with Gasteiger partial charge in [-0.3, -0.25) is 0 Å². The summed E-state index contributed by atoms with van der Waals surface area (Å²) >= 11 is 15.6. The maximum absolute atomic E-state index is 6.38. The molecule has 0 atom stereocenters. The number of aromatic nitrogens is 6. The Kier molecular flexibility index (Phi) is 3.51. The molecule has 1 aromatic carbocycles. The van der Waals surface area contributed by atoms with E-state index in [1.165, 1.54) is 22.7 Å². The van der Waals surface area contributed by atoms with Crippen molar-refractivity contribution in [3.8, 4) is 11.1 Å². The smallest absolute Gasteiger partial charge is 0.172 e. The Bertz CT molecular complexity index is 1450. The molecular weight excluding hydrogens is 435 g/mol. The number of fused-ring (bicyclic) bond motifs is 6. The van der Waals surface area contributed by atoms with Gasteiger partial charge in [0.25, 0.3) is 0 Å². The lowest BCUT2D eigenvalue weighted by Crippen LogP contribution is -1.89. The normalized spacial score (nSPS) is 11.9. The Labute approximate surface area is 174 Å². The van der Waals surface area contributed by atoms with Gasteiger partial charge in [0.05, 0.1) is 20.6 Å². The molecule has 0 amide bonds. The van der Waals surface area contributed by atoms with E-state index in [2.05, 4.69) is 37.7 Å². The van der Waals surface area contributed by atoms with Crippen LogP contribution in [0, 0.1) is 0 Å². The molecule has 6 nitrogen and oxygen atoms in total. The molecule has 5 heterocycles. The predicted molar refractivity (Wildman–Crippen MR) is 114 cm³/mol. The van der Waals surface area contributed by atoms with Gasteiger partial charge in [-0.1, -0.05) is 53.5 Å². The number of rotatable bonds is 1. The molecule has 0 bridgehead atoms. The van der Waals surface area contributed by atoms with Gasteiger partial charge in [-0.15, -0.1) is 38.0 Å². The van der Waals surface area contributed by atoms with Crippen molar-refractivity contribution in [2.75, 3.05) is 0 Å². The zero-order chi connectivity index (χ0) is 18.8. The summed E-state index contributed by atoms with van der Waals surface area (Å²) in [6.07, 6.45) is 1.55. The van der Waals surface area contributed by atoms with Crippen molar-refractivity contribution in [2.24, 2.45) is 0 Å². The molecule has 0 aliphatic rings. The van der Waals surface area contributed by atoms with Crippen molar-refractivity contribution in [3.63, 3.8) is 0 Å². The molecule has 0 aliphatic heterocycles. The molecule has 5 aromatic heterocycles. The van der Waals surface area contributed by atoms with E-state index in [0.717, 1.165) is 46.5 Å². The van der Waals surface area contributed by atoms with Crippen LogP contribution in [0.25, 0.3) is 52.0 Å². The van der Waals surface area contributed by atoms with Gasteiger partial charge in [0.15, 0.2) is 5.15 Å². The quantitative estimate of drug-likeness (QED) is 0.323. The first-order valence-electron chi connectivity index (χ1n) is 8.12. The second kappa shape index (κ2) is 5.99. The Balaban J connectivity index is 1.95. The first-order valence-corrected chi connectivity index (χ1v) is 10.5. The molecule has 6 rings (SSSR count). The highest BCUT2D eigenvalue weighted by atomic mass is 35.5. The van der Waals surface area contributed by atoms with Crippen LogP contribution in [-0.4, -0.2) is 30.6 Å². The highest BCUT2D eigenvalue weighted by molar-refractivity contribution is 7.28. The standard InChI is InChI=1S/C18H6Cl2N6S2/c19-8-6-21-23-12-10-9(7-4-2-1-3-5-7)11-13-15(16(20)25-26-24-13)28-18(11)22-17(10)27-14(8)12/h1-6H. The van der Waals surface area contributed by atoms with Crippen LogP contribution >= 0.6 is 45.9 Å². The summed E-state index contributed by atoms with van der Waals surface area (Å²) < 4.78 is 1.63. The van der Waals surface area contributed by atoms with Crippen LogP contribution in [0.1, 0.15) is 0 Å². The Morgan fingerprint density at radius 2 is 1.50 bits per heavy atom. The number of halogens is 2. The monoisotopic (exact) mass is 440 g/mol. The Morgan fingerprint density at radius 1 is 0.786 bits per heavy atom. The summed E-state index contributed by atoms with van der Waals surface area (Å²) in [6, 6.07) is 10.1. The molecule has 0 fully saturated rings. The molecule has 0 radical (unpaired) electrons. The highest BCUT2D eigenvalue weighted by Crippen LogP contribution is 2.47. The van der Waals surface area contributed by atoms with Crippen molar-refractivity contribution < 1.29 is 0 Å². The summed E-state index contributed by atoms with van der Waals surface area (Å²) in [5.41, 5.74) is 3.41. The van der Waals surface area contributed by atoms with E-state index in [1.807, 2.05) is 18.2 Å². The largest absolute Gasteiger partial charge is 0.226 e. The van der Waals surface area contributed by atoms with Crippen molar-refractivity contribution >= 4 is 86.7 Å². The third kappa shape index (κ3) is 2.20. The molecule has 0 saturated carbocycles. The first kappa shape index (κ1) is 16.4. The Hall–Kier alpha value is -2.52. The average Bonchev–Trinajstić information content (AvgIpc) is 3.27. The third-order valence-corrected chi connectivity index (χ3v) is 7.47. The molecule has 0 saturated heterocycles. The number of benzene rings is 1. The molecule has 0 N–H and O–H groups in total. The van der Waals surface area contributed by atoms with Gasteiger partial charge in [-0.05, 0) is 10.8 Å². The number of hydrogen-bond donors (Lipinski definition) is 0. The van der Waals surface area contributed by atoms with Crippen LogP contribution in [0.3, 0.4) is 0 Å². The molecule has 10 heteroatoms. The van der Waals surface area contributed by atoms with E-state index in [9.17, 15) is 0 Å². The highest BCUT2D eigenvalue weighted by Gasteiger charge is 2.23. The van der Waals surface area contributed by atoms with Crippen LogP contribution in [0.2, 0.25) is 10.2 Å². The number of nitrogens with zero attached hydrogens (tertiary/aromatic N) is 6. The van der Waals surface area contributed by atoms with Crippen molar-refractivity contribution in [1.29, 1.82) is 0 Å². The first-order chi connectivity index (χ1) is 13.7. The summed E-state index contributed by atoms with van der Waals surface area (Å²) in [7, 11) is 0. The van der Waals surface area contributed by atoms with E-state index >= 15 is 0 Å². The predicted octanol–water partition coefficient (Wildman–Crippen LogP) is 5.77. The van der Waals surface area contributed by atoms with Crippen LogP contribution in [0.15, 0.2) is 36.5 Å². The molecule has 0 aliphatic carbocycles. The number of hydrogen-bond acceptors (Lipinski definition) is 8. The molecule has 134 valence electrons. The van der Waals surface area contributed by atoms with Crippen LogP contribution in [0.4, 0.5) is 0 Å². The van der Waals surface area contributed by atoms with Gasteiger partial charge in [0, 0.05) is 16.3 Å². The van der Waals surface area contributed by atoms with E-state index < -0.39 is 0 Å². The number of thiophene rings is 2. The lowest BCUT2D eigenvalue weighted by atomic mass is 9.99. The second-order valence-corrected chi connectivity index (χ2v) is 8.81. The van der Waals surface area contributed by atoms with E-state index in [4.69, 9.17) is 28.2 Å². The minimum absolute atomic E-state index is 0.322. The van der Waals surface area contributed by atoms with Gasteiger partial charge >= 0.3 is 0 Å². The van der Waals surface area contributed by atoms with Crippen LogP contribution in [-0.2, 0) is 0 Å². The summed E-state index contributed by atoms with van der Waals surface area (Å²) in [6.45, 7) is 0. The van der Waals surface area contributed by atoms with E-state index in [0.29, 0.717) is 15.7 Å². The van der Waals surface area contributed by atoms with Crippen LogP contribution < -0.4 is 0 Å². The second-order valence-electron chi connectivity index (χ2n) is 6.05. The zero-order valence-corrected chi connectivity index (χ0v) is 16.9. The van der Waals surface area contributed by atoms with E-state index in [1.54, 1.807) is 6.20 Å². The maximum atomic E-state index is 6.38. The Morgan fingerprint density at radius 3 is 2.29 bits per heavy atom. The number of pyridine rings is 1. The molecular formula is C18H6Cl2N6S2. The lowest BCUT2D eigenvalue weighted by molar-refractivity contribution is 0.900. The van der Waals surface area contributed by atoms with Crippen LogP contribution in [0.5, 0.6) is 0 Å². The molecule has 0 spiro atoms. The molecule has 6 aromatic rings. The minimum Gasteiger partial charge on any atom is -0.226 e. The van der Waals surface area contributed by atoms with Crippen molar-refractivity contribution in [3.05, 3.63) is 46.7 Å². The van der Waals surface area contributed by atoms with Gasteiger partial charge in [0.2, 0.25) is 0 Å². The van der Waals surface area contributed by atoms with E-state index in [-0.39, 0.29) is 0 Å². The summed E-state index contributed by atoms with van der Waals surface area (Å²) in [4.78, 5) is 6.54. The van der Waals surface area contributed by atoms with Crippen molar-refractivity contribution in [2.45, 2.75) is 0 Å². The fourth-order valence-electron chi connectivity index (χ4n) is 3.38. The SMILES string of the molecule is Clc1cnnc2c1sc1nc3sc4c(Cl)nnnc4c3c(-c3ccccc3)c12. The molecule has 0 unspecified atom stereocenters.